The van der Waals surface area contributed by atoms with Crippen molar-refractivity contribution in [1.29, 1.82) is 0 Å². The van der Waals surface area contributed by atoms with Crippen molar-refractivity contribution in [3.05, 3.63) is 59.0 Å². The second kappa shape index (κ2) is 4.96. The molecule has 0 saturated carbocycles. The Hall–Kier alpha value is -1.58. The van der Waals surface area contributed by atoms with Crippen LogP contribution < -0.4 is 5.73 Å². The Bertz CT molecular complexity index is 533. The Morgan fingerprint density at radius 1 is 1.22 bits per heavy atom. The minimum atomic E-state index is 0.548. The third-order valence-electron chi connectivity index (χ3n) is 3.53. The summed E-state index contributed by atoms with van der Waals surface area (Å²) >= 11 is 0. The average Bonchev–Trinajstić information content (AvgIpc) is 2.86. The molecule has 1 aliphatic rings. The molecule has 2 N–H and O–H groups in total. The lowest BCUT2D eigenvalue weighted by atomic mass is 10.00. The minimum Gasteiger partial charge on any atom is -0.468 e. The van der Waals surface area contributed by atoms with E-state index in [1.807, 2.05) is 0 Å². The zero-order chi connectivity index (χ0) is 12.4. The molecule has 0 radical (unpaired) electrons. The van der Waals surface area contributed by atoms with Crippen LogP contribution in [0.3, 0.4) is 0 Å². The van der Waals surface area contributed by atoms with E-state index in [9.17, 15) is 0 Å². The summed E-state index contributed by atoms with van der Waals surface area (Å²) in [6.07, 6.45) is 2.88. The van der Waals surface area contributed by atoms with E-state index >= 15 is 0 Å². The molecule has 2 aromatic rings. The maximum absolute atomic E-state index is 5.59. The van der Waals surface area contributed by atoms with E-state index in [4.69, 9.17) is 10.2 Å². The average molecular weight is 242 g/mol. The Morgan fingerprint density at radius 3 is 2.83 bits per heavy atom. The van der Waals surface area contributed by atoms with Gasteiger partial charge < -0.3 is 10.2 Å². The van der Waals surface area contributed by atoms with Gasteiger partial charge in [0, 0.05) is 25.2 Å². The van der Waals surface area contributed by atoms with Crippen LogP contribution in [0, 0.1) is 0 Å². The summed E-state index contributed by atoms with van der Waals surface area (Å²) in [5.74, 6) is 1.01. The Kier molecular flexibility index (Phi) is 3.17. The molecule has 1 aromatic heterocycles. The number of rotatable bonds is 3. The first-order valence-corrected chi connectivity index (χ1v) is 6.40. The fourth-order valence-corrected chi connectivity index (χ4v) is 2.53. The highest BCUT2D eigenvalue weighted by Crippen LogP contribution is 2.20. The molecule has 3 nitrogen and oxygen atoms in total. The molecule has 0 amide bonds. The topological polar surface area (TPSA) is 42.4 Å². The predicted molar refractivity (Wildman–Crippen MR) is 70.9 cm³/mol. The highest BCUT2D eigenvalue weighted by atomic mass is 16.3. The number of hydrogen-bond acceptors (Lipinski definition) is 3. The van der Waals surface area contributed by atoms with E-state index in [1.165, 1.54) is 11.1 Å². The van der Waals surface area contributed by atoms with E-state index in [1.54, 1.807) is 6.26 Å². The fourth-order valence-electron chi connectivity index (χ4n) is 2.53. The first-order valence-electron chi connectivity index (χ1n) is 6.40. The molecule has 0 saturated heterocycles. The molecule has 3 heteroatoms. The third-order valence-corrected chi connectivity index (χ3v) is 3.53. The van der Waals surface area contributed by atoms with Gasteiger partial charge in [-0.2, -0.15) is 0 Å². The van der Waals surface area contributed by atoms with Gasteiger partial charge in [-0.1, -0.05) is 24.3 Å². The summed E-state index contributed by atoms with van der Waals surface area (Å²) in [5.41, 5.74) is 9.58. The molecule has 0 unspecified atom stereocenters. The monoisotopic (exact) mass is 242 g/mol. The van der Waals surface area contributed by atoms with Crippen molar-refractivity contribution in [2.45, 2.75) is 26.1 Å². The van der Waals surface area contributed by atoms with Crippen LogP contribution in [0.25, 0.3) is 0 Å². The largest absolute Gasteiger partial charge is 0.468 e. The first-order chi connectivity index (χ1) is 8.85. The lowest BCUT2D eigenvalue weighted by molar-refractivity contribution is 0.226. The summed E-state index contributed by atoms with van der Waals surface area (Å²) in [6, 6.07) is 10.7. The Labute approximate surface area is 107 Å². The number of benzene rings is 1. The second-order valence-corrected chi connectivity index (χ2v) is 4.85. The molecule has 18 heavy (non-hydrogen) atoms. The Balaban J connectivity index is 1.69. The molecular weight excluding hydrogens is 224 g/mol. The van der Waals surface area contributed by atoms with E-state index < -0.39 is 0 Å². The van der Waals surface area contributed by atoms with Crippen LogP contribution in [-0.2, 0) is 26.1 Å². The van der Waals surface area contributed by atoms with Crippen molar-refractivity contribution in [1.82, 2.24) is 4.90 Å². The van der Waals surface area contributed by atoms with E-state index in [0.29, 0.717) is 6.54 Å². The van der Waals surface area contributed by atoms with Crippen molar-refractivity contribution in [2.24, 2.45) is 5.73 Å². The predicted octanol–water partition coefficient (Wildman–Crippen LogP) is 2.30. The molecule has 3 rings (SSSR count). The van der Waals surface area contributed by atoms with Crippen molar-refractivity contribution in [2.75, 3.05) is 6.54 Å². The number of furan rings is 1. The van der Waals surface area contributed by atoms with Crippen LogP contribution in [0.2, 0.25) is 0 Å². The smallest absolute Gasteiger partial charge is 0.118 e. The number of nitrogens with zero attached hydrogens (tertiary/aromatic N) is 1. The van der Waals surface area contributed by atoms with Gasteiger partial charge in [0.1, 0.15) is 5.76 Å². The maximum atomic E-state index is 5.59. The first kappa shape index (κ1) is 11.5. The van der Waals surface area contributed by atoms with Gasteiger partial charge in [0.15, 0.2) is 0 Å². The summed E-state index contributed by atoms with van der Waals surface area (Å²) in [5, 5.41) is 0. The van der Waals surface area contributed by atoms with Crippen molar-refractivity contribution in [3.63, 3.8) is 0 Å². The van der Waals surface area contributed by atoms with Crippen LogP contribution in [0.1, 0.15) is 22.5 Å². The lowest BCUT2D eigenvalue weighted by Crippen LogP contribution is -2.29. The zero-order valence-corrected chi connectivity index (χ0v) is 10.4. The third kappa shape index (κ3) is 2.33. The van der Waals surface area contributed by atoms with Gasteiger partial charge in [0.2, 0.25) is 0 Å². The Morgan fingerprint density at radius 2 is 2.06 bits per heavy atom. The van der Waals surface area contributed by atoms with Crippen LogP contribution in [0.4, 0.5) is 0 Å². The zero-order valence-electron chi connectivity index (χ0n) is 10.4. The SMILES string of the molecule is NCc1coc(CN2CCc3ccccc3C2)c1. The normalized spacial score (nSPS) is 15.6. The quantitative estimate of drug-likeness (QED) is 0.898. The van der Waals surface area contributed by atoms with E-state index in [2.05, 4.69) is 35.2 Å². The molecule has 0 aliphatic carbocycles. The van der Waals surface area contributed by atoms with E-state index in [-0.39, 0.29) is 0 Å². The molecule has 0 atom stereocenters. The van der Waals surface area contributed by atoms with Gasteiger partial charge >= 0.3 is 0 Å². The number of hydrogen-bond donors (Lipinski definition) is 1. The lowest BCUT2D eigenvalue weighted by Gasteiger charge is -2.27. The molecule has 0 bridgehead atoms. The molecule has 94 valence electrons. The summed E-state index contributed by atoms with van der Waals surface area (Å²) < 4.78 is 5.52. The highest BCUT2D eigenvalue weighted by molar-refractivity contribution is 5.29. The number of fused-ring (bicyclic) bond motifs is 1. The standard InChI is InChI=1S/C15H18N2O/c16-8-12-7-15(18-11-12)10-17-6-5-13-3-1-2-4-14(13)9-17/h1-4,7,11H,5-6,8-10,16H2. The van der Waals surface area contributed by atoms with Gasteiger partial charge in [0.05, 0.1) is 12.8 Å². The molecule has 0 spiro atoms. The number of nitrogens with two attached hydrogens (primary N) is 1. The summed E-state index contributed by atoms with van der Waals surface area (Å²) in [6.45, 7) is 3.52. The van der Waals surface area contributed by atoms with Gasteiger partial charge in [-0.05, 0) is 23.6 Å². The van der Waals surface area contributed by atoms with E-state index in [0.717, 1.165) is 37.4 Å². The minimum absolute atomic E-state index is 0.548. The van der Waals surface area contributed by atoms with Crippen LogP contribution >= 0.6 is 0 Å². The van der Waals surface area contributed by atoms with Crippen molar-refractivity contribution >= 4 is 0 Å². The molecule has 0 fully saturated rings. The molecule has 2 heterocycles. The van der Waals surface area contributed by atoms with Crippen LogP contribution in [0.5, 0.6) is 0 Å². The fraction of sp³-hybridized carbons (Fsp3) is 0.333. The van der Waals surface area contributed by atoms with Gasteiger partial charge in [-0.15, -0.1) is 0 Å². The van der Waals surface area contributed by atoms with Crippen LogP contribution in [-0.4, -0.2) is 11.4 Å². The van der Waals surface area contributed by atoms with Gasteiger partial charge in [0.25, 0.3) is 0 Å². The molecular formula is C15H18N2O. The van der Waals surface area contributed by atoms with Crippen molar-refractivity contribution in [3.8, 4) is 0 Å². The maximum Gasteiger partial charge on any atom is 0.118 e. The summed E-state index contributed by atoms with van der Waals surface area (Å²) in [4.78, 5) is 2.42. The molecule has 1 aromatic carbocycles. The highest BCUT2D eigenvalue weighted by Gasteiger charge is 2.16. The van der Waals surface area contributed by atoms with Crippen LogP contribution in [0.15, 0.2) is 41.0 Å². The second-order valence-electron chi connectivity index (χ2n) is 4.85. The van der Waals surface area contributed by atoms with Crippen molar-refractivity contribution < 1.29 is 4.42 Å². The summed E-state index contributed by atoms with van der Waals surface area (Å²) in [7, 11) is 0. The molecule has 1 aliphatic heterocycles. The van der Waals surface area contributed by atoms with Gasteiger partial charge in [-0.3, -0.25) is 4.90 Å². The van der Waals surface area contributed by atoms with Gasteiger partial charge in [-0.25, -0.2) is 0 Å².